The Morgan fingerprint density at radius 1 is 1.73 bits per heavy atom. The fourth-order valence-corrected chi connectivity index (χ4v) is 1.25. The minimum atomic E-state index is -0.424. The van der Waals surface area contributed by atoms with Crippen molar-refractivity contribution in [2.45, 2.75) is 17.7 Å². The van der Waals surface area contributed by atoms with Gasteiger partial charge in [-0.25, -0.2) is 4.98 Å². The van der Waals surface area contributed by atoms with Crippen LogP contribution in [0.15, 0.2) is 10.8 Å². The second-order valence-electron chi connectivity index (χ2n) is 2.65. The van der Waals surface area contributed by atoms with Crippen LogP contribution in [0.2, 0.25) is 0 Å². The zero-order chi connectivity index (χ0) is 7.90. The van der Waals surface area contributed by atoms with Crippen molar-refractivity contribution in [1.82, 2.24) is 4.98 Å². The molecule has 0 aromatic carbocycles. The molecule has 2 rings (SSSR count). The number of aromatic nitrogens is 1. The Hall–Kier alpha value is -0.830. The second-order valence-corrected chi connectivity index (χ2v) is 3.37. The fraction of sp³-hybridized carbons (Fsp3) is 0.429. The maximum absolute atomic E-state index is 10.4. The normalized spacial score (nSPS) is 19.7. The molecule has 1 aliphatic rings. The van der Waals surface area contributed by atoms with E-state index in [0.29, 0.717) is 17.7 Å². The number of nitrogens with zero attached hydrogens (tertiary/aromatic N) is 1. The standard InChI is InChI=1S/C7H6ClNO2/c8-7(1-2-7)6-5(3-10)9-4-11-6/h3-4H,1-2H2. The molecule has 0 saturated heterocycles. The predicted molar refractivity (Wildman–Crippen MR) is 38.7 cm³/mol. The Bertz CT molecular complexity index is 290. The molecule has 1 saturated carbocycles. The minimum Gasteiger partial charge on any atom is -0.446 e. The molecule has 0 bridgehead atoms. The average Bonchev–Trinajstić information content (AvgIpc) is 2.61. The summed E-state index contributed by atoms with van der Waals surface area (Å²) in [7, 11) is 0. The van der Waals surface area contributed by atoms with Crippen molar-refractivity contribution < 1.29 is 9.21 Å². The van der Waals surface area contributed by atoms with Crippen molar-refractivity contribution in [2.24, 2.45) is 0 Å². The highest BCUT2D eigenvalue weighted by molar-refractivity contribution is 6.25. The average molecular weight is 172 g/mol. The van der Waals surface area contributed by atoms with Gasteiger partial charge < -0.3 is 4.42 Å². The zero-order valence-corrected chi connectivity index (χ0v) is 6.47. The molecule has 1 heterocycles. The van der Waals surface area contributed by atoms with Crippen LogP contribution in [-0.4, -0.2) is 11.3 Å². The first-order valence-corrected chi connectivity index (χ1v) is 3.72. The van der Waals surface area contributed by atoms with E-state index in [2.05, 4.69) is 4.98 Å². The van der Waals surface area contributed by atoms with E-state index in [1.807, 2.05) is 0 Å². The predicted octanol–water partition coefficient (Wildman–Crippen LogP) is 1.72. The minimum absolute atomic E-state index is 0.331. The van der Waals surface area contributed by atoms with Crippen molar-refractivity contribution in [2.75, 3.05) is 0 Å². The van der Waals surface area contributed by atoms with Crippen LogP contribution in [0.3, 0.4) is 0 Å². The molecule has 1 fully saturated rings. The lowest BCUT2D eigenvalue weighted by atomic mass is 10.2. The highest BCUT2D eigenvalue weighted by Crippen LogP contribution is 2.52. The van der Waals surface area contributed by atoms with Crippen LogP contribution in [0.1, 0.15) is 29.1 Å². The number of oxazole rings is 1. The van der Waals surface area contributed by atoms with E-state index < -0.39 is 4.87 Å². The molecule has 0 atom stereocenters. The molecule has 4 heteroatoms. The summed E-state index contributed by atoms with van der Waals surface area (Å²) in [6.07, 6.45) is 3.65. The summed E-state index contributed by atoms with van der Waals surface area (Å²) in [5.74, 6) is 0.522. The molecule has 0 spiro atoms. The van der Waals surface area contributed by atoms with Gasteiger partial charge in [-0.2, -0.15) is 0 Å². The summed E-state index contributed by atoms with van der Waals surface area (Å²) in [5.41, 5.74) is 0.331. The number of hydrogen-bond acceptors (Lipinski definition) is 3. The number of carbonyl (C=O) groups is 1. The third kappa shape index (κ3) is 0.959. The second kappa shape index (κ2) is 2.08. The molecule has 3 nitrogen and oxygen atoms in total. The number of alkyl halides is 1. The van der Waals surface area contributed by atoms with Crippen molar-refractivity contribution in [3.8, 4) is 0 Å². The van der Waals surface area contributed by atoms with Crippen LogP contribution in [0, 0.1) is 0 Å². The summed E-state index contributed by atoms with van der Waals surface area (Å²) in [6, 6.07) is 0. The summed E-state index contributed by atoms with van der Waals surface area (Å²) in [4.78, 5) is 13.7. The Morgan fingerprint density at radius 2 is 2.45 bits per heavy atom. The number of aldehydes is 1. The first-order chi connectivity index (χ1) is 5.26. The summed E-state index contributed by atoms with van der Waals surface area (Å²) < 4.78 is 5.01. The van der Waals surface area contributed by atoms with Gasteiger partial charge in [0, 0.05) is 0 Å². The molecule has 1 aromatic rings. The van der Waals surface area contributed by atoms with Crippen molar-refractivity contribution in [3.05, 3.63) is 17.8 Å². The quantitative estimate of drug-likeness (QED) is 0.503. The van der Waals surface area contributed by atoms with Crippen LogP contribution in [0.5, 0.6) is 0 Å². The van der Waals surface area contributed by atoms with Gasteiger partial charge in [-0.15, -0.1) is 11.6 Å². The van der Waals surface area contributed by atoms with Gasteiger partial charge in [-0.3, -0.25) is 4.79 Å². The smallest absolute Gasteiger partial charge is 0.181 e. The summed E-state index contributed by atoms with van der Waals surface area (Å²) in [5, 5.41) is 0. The van der Waals surface area contributed by atoms with E-state index >= 15 is 0 Å². The molecule has 0 N–H and O–H groups in total. The van der Waals surface area contributed by atoms with Crippen molar-refractivity contribution in [3.63, 3.8) is 0 Å². The number of hydrogen-bond donors (Lipinski definition) is 0. The topological polar surface area (TPSA) is 43.1 Å². The molecule has 0 aliphatic heterocycles. The first-order valence-electron chi connectivity index (χ1n) is 3.34. The van der Waals surface area contributed by atoms with Crippen LogP contribution in [-0.2, 0) is 4.87 Å². The van der Waals surface area contributed by atoms with Gasteiger partial charge in [0.2, 0.25) is 0 Å². The highest BCUT2D eigenvalue weighted by Gasteiger charge is 2.47. The number of carbonyl (C=O) groups excluding carboxylic acids is 1. The first kappa shape index (κ1) is 6.85. The molecule has 0 unspecified atom stereocenters. The van der Waals surface area contributed by atoms with E-state index in [0.717, 1.165) is 12.8 Å². The lowest BCUT2D eigenvalue weighted by Gasteiger charge is -1.98. The molecule has 1 aliphatic carbocycles. The maximum Gasteiger partial charge on any atom is 0.181 e. The molecule has 1 aromatic heterocycles. The van der Waals surface area contributed by atoms with Gasteiger partial charge in [0.25, 0.3) is 0 Å². The van der Waals surface area contributed by atoms with Gasteiger partial charge in [0.05, 0.1) is 0 Å². The third-order valence-electron chi connectivity index (χ3n) is 1.80. The Morgan fingerprint density at radius 3 is 3.00 bits per heavy atom. The molecule has 58 valence electrons. The van der Waals surface area contributed by atoms with Gasteiger partial charge in [0.15, 0.2) is 18.4 Å². The van der Waals surface area contributed by atoms with E-state index in [9.17, 15) is 4.79 Å². The van der Waals surface area contributed by atoms with Gasteiger partial charge in [-0.05, 0) is 12.8 Å². The molecule has 0 amide bonds. The number of halogens is 1. The van der Waals surface area contributed by atoms with Gasteiger partial charge in [-0.1, -0.05) is 0 Å². The summed E-state index contributed by atoms with van der Waals surface area (Å²) in [6.45, 7) is 0. The molecule has 11 heavy (non-hydrogen) atoms. The highest BCUT2D eigenvalue weighted by atomic mass is 35.5. The van der Waals surface area contributed by atoms with Crippen LogP contribution in [0.4, 0.5) is 0 Å². The Balaban J connectivity index is 2.43. The van der Waals surface area contributed by atoms with E-state index in [1.54, 1.807) is 0 Å². The number of rotatable bonds is 2. The lowest BCUT2D eigenvalue weighted by Crippen LogP contribution is -1.98. The van der Waals surface area contributed by atoms with Gasteiger partial charge >= 0.3 is 0 Å². The maximum atomic E-state index is 10.4. The SMILES string of the molecule is O=Cc1ncoc1C1(Cl)CC1. The lowest BCUT2D eigenvalue weighted by molar-refractivity contribution is 0.111. The van der Waals surface area contributed by atoms with Gasteiger partial charge in [0.1, 0.15) is 10.6 Å². The van der Waals surface area contributed by atoms with Crippen LogP contribution in [0.25, 0.3) is 0 Å². The van der Waals surface area contributed by atoms with E-state index in [1.165, 1.54) is 6.39 Å². The molecular weight excluding hydrogens is 166 g/mol. The van der Waals surface area contributed by atoms with Crippen molar-refractivity contribution in [1.29, 1.82) is 0 Å². The van der Waals surface area contributed by atoms with Crippen LogP contribution >= 0.6 is 11.6 Å². The molecule has 0 radical (unpaired) electrons. The fourth-order valence-electron chi connectivity index (χ4n) is 1.01. The zero-order valence-electron chi connectivity index (χ0n) is 5.71. The van der Waals surface area contributed by atoms with Crippen molar-refractivity contribution >= 4 is 17.9 Å². The largest absolute Gasteiger partial charge is 0.446 e. The molecular formula is C7H6ClNO2. The Kier molecular flexibility index (Phi) is 1.29. The van der Waals surface area contributed by atoms with E-state index in [-0.39, 0.29) is 0 Å². The van der Waals surface area contributed by atoms with E-state index in [4.69, 9.17) is 16.0 Å². The van der Waals surface area contributed by atoms with Crippen LogP contribution < -0.4 is 0 Å². The summed E-state index contributed by atoms with van der Waals surface area (Å²) >= 11 is 6.00. The third-order valence-corrected chi connectivity index (χ3v) is 2.35. The monoisotopic (exact) mass is 171 g/mol. The Labute approximate surface area is 68.4 Å².